The number of H-pyrrole nitrogens is 1. The van der Waals surface area contributed by atoms with Crippen molar-refractivity contribution in [1.29, 1.82) is 0 Å². The molecule has 1 amide bonds. The summed E-state index contributed by atoms with van der Waals surface area (Å²) in [5.74, 6) is 0.0661. The summed E-state index contributed by atoms with van der Waals surface area (Å²) in [4.78, 5) is 32.7. The number of hydrogen-bond acceptors (Lipinski definition) is 5. The van der Waals surface area contributed by atoms with Gasteiger partial charge in [-0.15, -0.1) is 12.4 Å². The fourth-order valence-electron chi connectivity index (χ4n) is 3.57. The molecule has 0 aliphatic carbocycles. The highest BCUT2D eigenvalue weighted by atomic mass is 35.5. The lowest BCUT2D eigenvalue weighted by atomic mass is 9.98. The van der Waals surface area contributed by atoms with Gasteiger partial charge in [0.05, 0.1) is 5.52 Å². The second-order valence-electron chi connectivity index (χ2n) is 7.07. The topological polar surface area (TPSA) is 105 Å². The summed E-state index contributed by atoms with van der Waals surface area (Å²) in [7, 11) is 1.69. The molecule has 1 aromatic carbocycles. The molecule has 10 heteroatoms. The summed E-state index contributed by atoms with van der Waals surface area (Å²) in [6.07, 6.45) is 3.22. The van der Waals surface area contributed by atoms with Crippen LogP contribution in [0, 0.1) is 12.7 Å². The number of anilines is 1. The number of piperidine rings is 1. The number of nitrogens with zero attached hydrogens (tertiary/aromatic N) is 3. The number of amides is 1. The molecule has 2 aromatic heterocycles. The van der Waals surface area contributed by atoms with Crippen molar-refractivity contribution in [3.8, 4) is 0 Å². The summed E-state index contributed by atoms with van der Waals surface area (Å²) >= 11 is 0. The molecular formula is C19H22ClFN6O2. The number of nitrogens with one attached hydrogen (secondary N) is 3. The number of aromatic nitrogens is 4. The van der Waals surface area contributed by atoms with E-state index in [0.29, 0.717) is 16.9 Å². The van der Waals surface area contributed by atoms with Crippen molar-refractivity contribution < 1.29 is 9.18 Å². The Morgan fingerprint density at radius 3 is 2.76 bits per heavy atom. The monoisotopic (exact) mass is 420 g/mol. The zero-order valence-corrected chi connectivity index (χ0v) is 16.9. The molecule has 1 aliphatic rings. The number of benzene rings is 1. The molecule has 3 heterocycles. The number of carbonyl (C=O) groups is 1. The first kappa shape index (κ1) is 20.9. The lowest BCUT2D eigenvalue weighted by Gasteiger charge is -2.19. The van der Waals surface area contributed by atoms with Gasteiger partial charge in [0, 0.05) is 24.5 Å². The fourth-order valence-corrected chi connectivity index (χ4v) is 3.57. The van der Waals surface area contributed by atoms with E-state index >= 15 is 0 Å². The van der Waals surface area contributed by atoms with E-state index < -0.39 is 17.2 Å². The molecule has 0 spiro atoms. The standard InChI is InChI=1S/C19H21FN6O2.ClH/c1-10-7-12(20)8-13-15(10)22-9-14(16(13)27)18(28)24-19-23-17(25-26(19)2)11-3-5-21-6-4-11;/h7-9,11,21H,3-6H2,1-2H3,(H,22,27)(H,23,24,25,28);1H. The maximum Gasteiger partial charge on any atom is 0.263 e. The summed E-state index contributed by atoms with van der Waals surface area (Å²) in [5, 5.41) is 10.5. The van der Waals surface area contributed by atoms with E-state index in [9.17, 15) is 14.0 Å². The number of fused-ring (bicyclic) bond motifs is 1. The molecule has 4 rings (SSSR count). The number of pyridine rings is 1. The van der Waals surface area contributed by atoms with Gasteiger partial charge in [0.2, 0.25) is 11.4 Å². The van der Waals surface area contributed by atoms with Crippen molar-refractivity contribution in [2.24, 2.45) is 7.05 Å². The van der Waals surface area contributed by atoms with Crippen LogP contribution in [0.2, 0.25) is 0 Å². The third-order valence-electron chi connectivity index (χ3n) is 5.10. The molecule has 0 bridgehead atoms. The minimum Gasteiger partial charge on any atom is -0.360 e. The Balaban J connectivity index is 0.00000240. The first-order valence-corrected chi connectivity index (χ1v) is 9.18. The van der Waals surface area contributed by atoms with Gasteiger partial charge in [0.1, 0.15) is 11.4 Å². The molecule has 3 N–H and O–H groups in total. The van der Waals surface area contributed by atoms with Gasteiger partial charge in [0.25, 0.3) is 5.91 Å². The van der Waals surface area contributed by atoms with Crippen molar-refractivity contribution in [2.45, 2.75) is 25.7 Å². The SMILES string of the molecule is Cc1cc(F)cc2c(=O)c(C(=O)Nc3nc(C4CCNCC4)nn3C)c[nH]c12.Cl. The molecule has 29 heavy (non-hydrogen) atoms. The van der Waals surface area contributed by atoms with Gasteiger partial charge in [0.15, 0.2) is 5.82 Å². The Hall–Kier alpha value is -2.78. The Morgan fingerprint density at radius 1 is 1.31 bits per heavy atom. The first-order valence-electron chi connectivity index (χ1n) is 9.18. The zero-order chi connectivity index (χ0) is 19.8. The van der Waals surface area contributed by atoms with Crippen LogP contribution in [-0.2, 0) is 7.05 Å². The average Bonchev–Trinajstić information content (AvgIpc) is 3.03. The van der Waals surface area contributed by atoms with E-state index in [-0.39, 0.29) is 35.2 Å². The van der Waals surface area contributed by atoms with E-state index in [2.05, 4.69) is 25.7 Å². The lowest BCUT2D eigenvalue weighted by molar-refractivity contribution is 0.102. The summed E-state index contributed by atoms with van der Waals surface area (Å²) in [6, 6.07) is 2.47. The largest absolute Gasteiger partial charge is 0.360 e. The number of halogens is 2. The number of carbonyl (C=O) groups excluding carboxylic acids is 1. The Labute approximate surface area is 172 Å². The van der Waals surface area contributed by atoms with E-state index in [1.807, 2.05) is 0 Å². The van der Waals surface area contributed by atoms with E-state index in [1.54, 1.807) is 14.0 Å². The Kier molecular flexibility index (Phi) is 5.99. The van der Waals surface area contributed by atoms with Gasteiger partial charge < -0.3 is 10.3 Å². The third kappa shape index (κ3) is 4.01. The maximum atomic E-state index is 13.7. The smallest absolute Gasteiger partial charge is 0.263 e. The normalized spacial score (nSPS) is 14.6. The Morgan fingerprint density at radius 2 is 2.03 bits per heavy atom. The quantitative estimate of drug-likeness (QED) is 0.602. The highest BCUT2D eigenvalue weighted by Crippen LogP contribution is 2.23. The van der Waals surface area contributed by atoms with Crippen molar-refractivity contribution in [3.63, 3.8) is 0 Å². The molecule has 0 radical (unpaired) electrons. The van der Waals surface area contributed by atoms with E-state index in [1.165, 1.54) is 16.9 Å². The fraction of sp³-hybridized carbons (Fsp3) is 0.368. The van der Waals surface area contributed by atoms with Gasteiger partial charge in [-0.25, -0.2) is 9.07 Å². The van der Waals surface area contributed by atoms with Crippen molar-refractivity contribution in [2.75, 3.05) is 18.4 Å². The molecule has 154 valence electrons. The van der Waals surface area contributed by atoms with Gasteiger partial charge in [-0.05, 0) is 50.6 Å². The van der Waals surface area contributed by atoms with Crippen LogP contribution >= 0.6 is 12.4 Å². The van der Waals surface area contributed by atoms with Crippen molar-refractivity contribution in [1.82, 2.24) is 25.1 Å². The van der Waals surface area contributed by atoms with Crippen molar-refractivity contribution in [3.05, 3.63) is 51.3 Å². The van der Waals surface area contributed by atoms with Gasteiger partial charge in [-0.3, -0.25) is 14.9 Å². The maximum absolute atomic E-state index is 13.7. The van der Waals surface area contributed by atoms with Crippen LogP contribution < -0.4 is 16.1 Å². The molecule has 8 nitrogen and oxygen atoms in total. The summed E-state index contributed by atoms with van der Waals surface area (Å²) in [6.45, 7) is 3.52. The number of aromatic amines is 1. The second kappa shape index (κ2) is 8.30. The molecule has 1 fully saturated rings. The van der Waals surface area contributed by atoms with Crippen LogP contribution in [0.5, 0.6) is 0 Å². The van der Waals surface area contributed by atoms with Gasteiger partial charge in [-0.1, -0.05) is 0 Å². The predicted molar refractivity (Wildman–Crippen MR) is 110 cm³/mol. The van der Waals surface area contributed by atoms with Crippen molar-refractivity contribution >= 4 is 35.2 Å². The van der Waals surface area contributed by atoms with Crippen LogP contribution in [0.4, 0.5) is 10.3 Å². The summed E-state index contributed by atoms with van der Waals surface area (Å²) < 4.78 is 15.2. The average molecular weight is 421 g/mol. The molecule has 0 atom stereocenters. The number of aryl methyl sites for hydroxylation is 2. The zero-order valence-electron chi connectivity index (χ0n) is 16.1. The molecule has 0 saturated carbocycles. The van der Waals surface area contributed by atoms with Crippen LogP contribution in [0.3, 0.4) is 0 Å². The molecule has 1 aliphatic heterocycles. The van der Waals surface area contributed by atoms with Crippen LogP contribution in [0.25, 0.3) is 10.9 Å². The molecular weight excluding hydrogens is 399 g/mol. The van der Waals surface area contributed by atoms with Gasteiger partial charge >= 0.3 is 0 Å². The highest BCUT2D eigenvalue weighted by Gasteiger charge is 2.22. The first-order chi connectivity index (χ1) is 13.4. The minimum atomic E-state index is -0.613. The molecule has 0 unspecified atom stereocenters. The highest BCUT2D eigenvalue weighted by molar-refractivity contribution is 6.05. The van der Waals surface area contributed by atoms with Crippen LogP contribution in [0.1, 0.15) is 40.5 Å². The lowest BCUT2D eigenvalue weighted by Crippen LogP contribution is -2.27. The Bertz CT molecular complexity index is 1120. The minimum absolute atomic E-state index is 0. The van der Waals surface area contributed by atoms with Crippen LogP contribution in [0.15, 0.2) is 23.1 Å². The summed E-state index contributed by atoms with van der Waals surface area (Å²) in [5.41, 5.74) is 0.465. The molecule has 3 aromatic rings. The predicted octanol–water partition coefficient (Wildman–Crippen LogP) is 2.25. The third-order valence-corrected chi connectivity index (χ3v) is 5.10. The van der Waals surface area contributed by atoms with Crippen LogP contribution in [-0.4, -0.2) is 38.7 Å². The van der Waals surface area contributed by atoms with E-state index in [0.717, 1.165) is 32.0 Å². The number of hydrogen-bond donors (Lipinski definition) is 3. The second-order valence-corrected chi connectivity index (χ2v) is 7.07. The van der Waals surface area contributed by atoms with E-state index in [4.69, 9.17) is 0 Å². The number of rotatable bonds is 3. The molecule has 1 saturated heterocycles. The van der Waals surface area contributed by atoms with Gasteiger partial charge in [-0.2, -0.15) is 10.1 Å².